The van der Waals surface area contributed by atoms with Crippen LogP contribution in [0, 0.1) is 0 Å². The molecule has 2 aliphatic heterocycles. The molecule has 1 N–H and O–H groups in total. The van der Waals surface area contributed by atoms with Crippen molar-refractivity contribution in [2.45, 2.75) is 12.7 Å². The number of nitrogens with zero attached hydrogens (tertiary/aromatic N) is 2. The predicted octanol–water partition coefficient (Wildman–Crippen LogP) is 1.38. The van der Waals surface area contributed by atoms with Crippen molar-refractivity contribution in [1.82, 2.24) is 5.32 Å². The number of hydrogen-bond donors (Lipinski definition) is 1. The highest BCUT2D eigenvalue weighted by molar-refractivity contribution is 8.15. The number of nitrogens with one attached hydrogen (secondary N) is 1. The van der Waals surface area contributed by atoms with E-state index in [0.717, 1.165) is 11.3 Å². The minimum absolute atomic E-state index is 0.0467. The Morgan fingerprint density at radius 3 is 3.04 bits per heavy atom. The van der Waals surface area contributed by atoms with Gasteiger partial charge in [-0.2, -0.15) is 5.10 Å². The third kappa shape index (κ3) is 5.05. The molecule has 8 heteroatoms. The smallest absolute Gasteiger partial charge is 0.236 e. The van der Waals surface area contributed by atoms with Crippen LogP contribution in [0.5, 0.6) is 5.75 Å². The second-order valence-electron chi connectivity index (χ2n) is 4.87. The van der Waals surface area contributed by atoms with Gasteiger partial charge in [0.2, 0.25) is 5.91 Å². The fourth-order valence-corrected chi connectivity index (χ4v) is 2.69. The van der Waals surface area contributed by atoms with Crippen LogP contribution in [0.2, 0.25) is 0 Å². The molecule has 7 nitrogen and oxygen atoms in total. The maximum atomic E-state index is 11.0. The summed E-state index contributed by atoms with van der Waals surface area (Å²) in [7, 11) is 0. The number of ether oxygens (including phenoxy) is 3. The molecule has 1 aromatic rings. The summed E-state index contributed by atoms with van der Waals surface area (Å²) in [4.78, 5) is 11.0. The van der Waals surface area contributed by atoms with Gasteiger partial charge in [-0.25, -0.2) is 0 Å². The van der Waals surface area contributed by atoms with Gasteiger partial charge < -0.3 is 19.5 Å². The molecule has 2 fully saturated rings. The highest BCUT2D eigenvalue weighted by Gasteiger charge is 2.16. The van der Waals surface area contributed by atoms with E-state index in [1.54, 1.807) is 6.21 Å². The van der Waals surface area contributed by atoms with E-state index in [1.165, 1.54) is 11.8 Å². The van der Waals surface area contributed by atoms with E-state index in [0.29, 0.717) is 37.2 Å². The first kappa shape index (κ1) is 16.0. The highest BCUT2D eigenvalue weighted by Crippen LogP contribution is 2.14. The van der Waals surface area contributed by atoms with Crippen molar-refractivity contribution < 1.29 is 19.0 Å². The number of carbonyl (C=O) groups excluding carboxylic acids is 1. The van der Waals surface area contributed by atoms with Gasteiger partial charge in [-0.3, -0.25) is 4.79 Å². The molecule has 0 aliphatic carbocycles. The van der Waals surface area contributed by atoms with E-state index >= 15 is 0 Å². The third-order valence-corrected chi connectivity index (χ3v) is 3.98. The molecular weight excluding hydrogens is 318 g/mol. The number of rotatable bonds is 6. The molecule has 122 valence electrons. The van der Waals surface area contributed by atoms with Crippen molar-refractivity contribution >= 4 is 29.1 Å². The molecule has 3 rings (SSSR count). The van der Waals surface area contributed by atoms with E-state index in [2.05, 4.69) is 15.5 Å². The van der Waals surface area contributed by atoms with Gasteiger partial charge in [0.05, 0.1) is 31.8 Å². The Kier molecular flexibility index (Phi) is 5.62. The highest BCUT2D eigenvalue weighted by atomic mass is 32.2. The van der Waals surface area contributed by atoms with Crippen LogP contribution >= 0.6 is 11.8 Å². The predicted molar refractivity (Wildman–Crippen MR) is 87.9 cm³/mol. The lowest BCUT2D eigenvalue weighted by atomic mass is 10.2. The molecule has 1 amide bonds. The fraction of sp³-hybridized carbons (Fsp3) is 0.400. The normalized spacial score (nSPS) is 20.5. The van der Waals surface area contributed by atoms with Crippen molar-refractivity contribution in [3.8, 4) is 5.75 Å². The average molecular weight is 335 g/mol. The topological polar surface area (TPSA) is 81.5 Å². The quantitative estimate of drug-likeness (QED) is 0.627. The average Bonchev–Trinajstić information content (AvgIpc) is 3.20. The molecule has 23 heavy (non-hydrogen) atoms. The zero-order chi connectivity index (χ0) is 15.9. The number of hydrogen-bond acceptors (Lipinski definition) is 7. The van der Waals surface area contributed by atoms with E-state index in [-0.39, 0.29) is 12.2 Å². The summed E-state index contributed by atoms with van der Waals surface area (Å²) >= 11 is 1.34. The van der Waals surface area contributed by atoms with Crippen LogP contribution in [0.3, 0.4) is 0 Å². The minimum Gasteiger partial charge on any atom is -0.493 e. The second kappa shape index (κ2) is 8.09. The van der Waals surface area contributed by atoms with Gasteiger partial charge in [0.1, 0.15) is 5.75 Å². The van der Waals surface area contributed by atoms with Gasteiger partial charge in [-0.05, 0) is 17.7 Å². The molecule has 2 heterocycles. The van der Waals surface area contributed by atoms with E-state index in [1.807, 2.05) is 24.3 Å². The van der Waals surface area contributed by atoms with Crippen LogP contribution in [-0.2, 0) is 14.3 Å². The largest absolute Gasteiger partial charge is 0.493 e. The first-order chi connectivity index (χ1) is 11.3. The molecule has 0 unspecified atom stereocenters. The van der Waals surface area contributed by atoms with Gasteiger partial charge >= 0.3 is 0 Å². The second-order valence-corrected chi connectivity index (χ2v) is 5.83. The molecule has 0 bridgehead atoms. The van der Waals surface area contributed by atoms with Crippen molar-refractivity contribution in [1.29, 1.82) is 0 Å². The Balaban J connectivity index is 1.49. The summed E-state index contributed by atoms with van der Waals surface area (Å²) in [5, 5.41) is 11.1. The van der Waals surface area contributed by atoms with Crippen LogP contribution in [0.1, 0.15) is 12.0 Å². The maximum absolute atomic E-state index is 11.0. The number of carbonyl (C=O) groups is 1. The molecule has 0 atom stereocenters. The zero-order valence-corrected chi connectivity index (χ0v) is 13.3. The lowest BCUT2D eigenvalue weighted by Crippen LogP contribution is -2.19. The molecule has 2 saturated heterocycles. The molecule has 0 saturated carbocycles. The molecule has 2 aliphatic rings. The Hall–Kier alpha value is -1.90. The Labute approximate surface area is 138 Å². The first-order valence-electron chi connectivity index (χ1n) is 7.29. The standard InChI is InChI=1S/C15H17N3O4S/c19-13-10-23-15(17-13)18-16-9-11-2-1-3-12(8-11)20-5-4-14-21-6-7-22-14/h1-3,8-9,14H,4-7,10H2,(H,17,18,19). The summed E-state index contributed by atoms with van der Waals surface area (Å²) in [5.41, 5.74) is 0.870. The lowest BCUT2D eigenvalue weighted by Gasteiger charge is -2.10. The summed E-state index contributed by atoms with van der Waals surface area (Å²) in [6.07, 6.45) is 2.16. The number of amidine groups is 1. The van der Waals surface area contributed by atoms with Crippen LogP contribution in [0.25, 0.3) is 0 Å². The Morgan fingerprint density at radius 2 is 2.26 bits per heavy atom. The monoisotopic (exact) mass is 335 g/mol. The van der Waals surface area contributed by atoms with E-state index in [9.17, 15) is 4.79 Å². The first-order valence-corrected chi connectivity index (χ1v) is 8.28. The Bertz CT molecular complexity index is 614. The number of amides is 1. The fourth-order valence-electron chi connectivity index (χ4n) is 2.06. The molecule has 0 spiro atoms. The van der Waals surface area contributed by atoms with Crippen LogP contribution in [0.4, 0.5) is 0 Å². The van der Waals surface area contributed by atoms with Crippen molar-refractivity contribution in [3.05, 3.63) is 29.8 Å². The Morgan fingerprint density at radius 1 is 1.39 bits per heavy atom. The molecule has 0 radical (unpaired) electrons. The SMILES string of the molecule is O=C1CSC(=NN=Cc2cccc(OCCC3OCCO3)c2)N1. The summed E-state index contributed by atoms with van der Waals surface area (Å²) in [6, 6.07) is 7.55. The van der Waals surface area contributed by atoms with E-state index in [4.69, 9.17) is 14.2 Å². The molecule has 0 aromatic heterocycles. The van der Waals surface area contributed by atoms with Crippen molar-refractivity contribution in [3.63, 3.8) is 0 Å². The summed E-state index contributed by atoms with van der Waals surface area (Å²) in [5.74, 6) is 1.10. The maximum Gasteiger partial charge on any atom is 0.236 e. The van der Waals surface area contributed by atoms with Gasteiger partial charge in [0.15, 0.2) is 11.5 Å². The van der Waals surface area contributed by atoms with Gasteiger partial charge in [0.25, 0.3) is 0 Å². The minimum atomic E-state index is -0.158. The third-order valence-electron chi connectivity index (χ3n) is 3.11. The molecular formula is C15H17N3O4S. The van der Waals surface area contributed by atoms with Gasteiger partial charge in [0, 0.05) is 6.42 Å². The van der Waals surface area contributed by atoms with Gasteiger partial charge in [-0.15, -0.1) is 5.10 Å². The zero-order valence-electron chi connectivity index (χ0n) is 12.4. The number of benzene rings is 1. The van der Waals surface area contributed by atoms with E-state index < -0.39 is 0 Å². The van der Waals surface area contributed by atoms with Crippen LogP contribution in [-0.4, -0.2) is 49.2 Å². The van der Waals surface area contributed by atoms with Crippen LogP contribution in [0.15, 0.2) is 34.5 Å². The molecule has 1 aromatic carbocycles. The van der Waals surface area contributed by atoms with Crippen molar-refractivity contribution in [2.75, 3.05) is 25.6 Å². The van der Waals surface area contributed by atoms with Gasteiger partial charge in [-0.1, -0.05) is 23.9 Å². The van der Waals surface area contributed by atoms with Crippen LogP contribution < -0.4 is 10.1 Å². The summed E-state index contributed by atoms with van der Waals surface area (Å²) < 4.78 is 16.4. The lowest BCUT2D eigenvalue weighted by molar-refractivity contribution is -0.116. The van der Waals surface area contributed by atoms with Crippen molar-refractivity contribution in [2.24, 2.45) is 10.2 Å². The number of thioether (sulfide) groups is 1. The summed E-state index contributed by atoms with van der Waals surface area (Å²) in [6.45, 7) is 1.83.